The zero-order valence-corrected chi connectivity index (χ0v) is 18.0. The standard InChI is InChI=1S/C26H21F3N4O/c27-26(28,29)21-3-1-2-19(14-21)24-23(18-9-11-31-12-10-18)15-20(16-33-24)25(34)32-13-8-17-4-6-22(30)7-5-17/h1-7,9-12,14-16H,8,13,30H2,(H,32,34). The van der Waals surface area contributed by atoms with Gasteiger partial charge in [0.15, 0.2) is 0 Å². The van der Waals surface area contributed by atoms with E-state index >= 15 is 0 Å². The molecule has 0 aliphatic rings. The van der Waals surface area contributed by atoms with Crippen LogP contribution in [0.2, 0.25) is 0 Å². The van der Waals surface area contributed by atoms with Crippen LogP contribution in [0.25, 0.3) is 22.4 Å². The lowest BCUT2D eigenvalue weighted by molar-refractivity contribution is -0.137. The Bertz CT molecular complexity index is 1290. The van der Waals surface area contributed by atoms with Crippen LogP contribution in [0.1, 0.15) is 21.5 Å². The summed E-state index contributed by atoms with van der Waals surface area (Å²) in [6, 6.07) is 17.4. The summed E-state index contributed by atoms with van der Waals surface area (Å²) in [5.74, 6) is -0.325. The van der Waals surface area contributed by atoms with Gasteiger partial charge in [0, 0.05) is 41.9 Å². The van der Waals surface area contributed by atoms with Crippen LogP contribution in [0, 0.1) is 0 Å². The number of halogens is 3. The molecule has 34 heavy (non-hydrogen) atoms. The lowest BCUT2D eigenvalue weighted by Gasteiger charge is -2.13. The summed E-state index contributed by atoms with van der Waals surface area (Å²) in [6.07, 6.45) is 0.671. The number of carbonyl (C=O) groups is 1. The zero-order chi connectivity index (χ0) is 24.1. The largest absolute Gasteiger partial charge is 0.416 e. The van der Waals surface area contributed by atoms with Crippen LogP contribution < -0.4 is 11.1 Å². The molecule has 2 heterocycles. The van der Waals surface area contributed by atoms with Crippen LogP contribution in [-0.2, 0) is 12.6 Å². The van der Waals surface area contributed by atoms with Gasteiger partial charge in [-0.1, -0.05) is 24.3 Å². The number of alkyl halides is 3. The summed E-state index contributed by atoms with van der Waals surface area (Å²) in [7, 11) is 0. The van der Waals surface area contributed by atoms with Gasteiger partial charge in [-0.3, -0.25) is 14.8 Å². The normalized spacial score (nSPS) is 11.3. The van der Waals surface area contributed by atoms with E-state index in [1.165, 1.54) is 12.3 Å². The highest BCUT2D eigenvalue weighted by molar-refractivity contribution is 5.96. The van der Waals surface area contributed by atoms with Gasteiger partial charge in [0.05, 0.1) is 16.8 Å². The summed E-state index contributed by atoms with van der Waals surface area (Å²) in [4.78, 5) is 21.2. The molecule has 0 spiro atoms. The van der Waals surface area contributed by atoms with Crippen molar-refractivity contribution in [3.63, 3.8) is 0 Å². The molecule has 0 bridgehead atoms. The predicted molar refractivity (Wildman–Crippen MR) is 125 cm³/mol. The van der Waals surface area contributed by atoms with Gasteiger partial charge >= 0.3 is 6.18 Å². The third-order valence-electron chi connectivity index (χ3n) is 5.28. The van der Waals surface area contributed by atoms with Crippen LogP contribution in [0.3, 0.4) is 0 Å². The first kappa shape index (κ1) is 23.0. The lowest BCUT2D eigenvalue weighted by Crippen LogP contribution is -2.26. The second-order valence-electron chi connectivity index (χ2n) is 7.68. The molecule has 8 heteroatoms. The molecule has 0 saturated carbocycles. The van der Waals surface area contributed by atoms with Crippen LogP contribution in [0.15, 0.2) is 85.3 Å². The van der Waals surface area contributed by atoms with Gasteiger partial charge in [-0.25, -0.2) is 0 Å². The van der Waals surface area contributed by atoms with E-state index in [4.69, 9.17) is 5.73 Å². The number of nitrogens with one attached hydrogen (secondary N) is 1. The number of nitrogen functional groups attached to an aromatic ring is 1. The minimum Gasteiger partial charge on any atom is -0.399 e. The first-order valence-corrected chi connectivity index (χ1v) is 10.5. The molecule has 0 unspecified atom stereocenters. The van der Waals surface area contributed by atoms with Gasteiger partial charge in [0.2, 0.25) is 0 Å². The Hall–Kier alpha value is -4.20. The van der Waals surface area contributed by atoms with Gasteiger partial charge in [0.1, 0.15) is 0 Å². The summed E-state index contributed by atoms with van der Waals surface area (Å²) in [6.45, 7) is 0.405. The summed E-state index contributed by atoms with van der Waals surface area (Å²) in [5, 5.41) is 2.86. The number of nitrogens with two attached hydrogens (primary N) is 1. The Morgan fingerprint density at radius 1 is 0.941 bits per heavy atom. The summed E-state index contributed by atoms with van der Waals surface area (Å²) < 4.78 is 39.7. The molecule has 172 valence electrons. The first-order valence-electron chi connectivity index (χ1n) is 10.5. The molecule has 3 N–H and O–H groups in total. The molecule has 5 nitrogen and oxygen atoms in total. The Kier molecular flexibility index (Phi) is 6.58. The van der Waals surface area contributed by atoms with E-state index in [0.717, 1.165) is 17.7 Å². The third kappa shape index (κ3) is 5.40. The molecule has 4 rings (SSSR count). The van der Waals surface area contributed by atoms with Crippen molar-refractivity contribution in [2.24, 2.45) is 0 Å². The van der Waals surface area contributed by atoms with E-state index in [0.29, 0.717) is 46.6 Å². The molecular formula is C26H21F3N4O. The van der Waals surface area contributed by atoms with E-state index in [2.05, 4.69) is 15.3 Å². The highest BCUT2D eigenvalue weighted by Gasteiger charge is 2.30. The Morgan fingerprint density at radius 3 is 2.38 bits per heavy atom. The minimum absolute atomic E-state index is 0.303. The maximum atomic E-state index is 13.2. The van der Waals surface area contributed by atoms with Gasteiger partial charge in [-0.2, -0.15) is 13.2 Å². The number of anilines is 1. The topological polar surface area (TPSA) is 80.9 Å². The average molecular weight is 462 g/mol. The lowest BCUT2D eigenvalue weighted by atomic mass is 9.97. The fourth-order valence-electron chi connectivity index (χ4n) is 3.52. The summed E-state index contributed by atoms with van der Waals surface area (Å²) >= 11 is 0. The smallest absolute Gasteiger partial charge is 0.399 e. The Labute approximate surface area is 194 Å². The number of aromatic nitrogens is 2. The van der Waals surface area contributed by atoms with Crippen molar-refractivity contribution in [3.8, 4) is 22.4 Å². The highest BCUT2D eigenvalue weighted by atomic mass is 19.4. The van der Waals surface area contributed by atoms with E-state index in [-0.39, 0.29) is 5.91 Å². The SMILES string of the molecule is Nc1ccc(CCNC(=O)c2cnc(-c3cccc(C(F)(F)F)c3)c(-c3ccncc3)c2)cc1. The quantitative estimate of drug-likeness (QED) is 0.377. The predicted octanol–water partition coefficient (Wildman–Crippen LogP) is 5.38. The highest BCUT2D eigenvalue weighted by Crippen LogP contribution is 2.35. The number of carbonyl (C=O) groups excluding carboxylic acids is 1. The number of hydrogen-bond acceptors (Lipinski definition) is 4. The number of hydrogen-bond donors (Lipinski definition) is 2. The van der Waals surface area contributed by atoms with Gasteiger partial charge in [0.25, 0.3) is 5.91 Å². The molecule has 0 fully saturated rings. The molecule has 0 aliphatic heterocycles. The van der Waals surface area contributed by atoms with Gasteiger partial charge < -0.3 is 11.1 Å². The summed E-state index contributed by atoms with van der Waals surface area (Å²) in [5.41, 5.74) is 8.80. The van der Waals surface area contributed by atoms with E-state index < -0.39 is 11.7 Å². The van der Waals surface area contributed by atoms with E-state index in [9.17, 15) is 18.0 Å². The van der Waals surface area contributed by atoms with Crippen LogP contribution in [0.5, 0.6) is 0 Å². The average Bonchev–Trinajstić information content (AvgIpc) is 2.85. The molecular weight excluding hydrogens is 441 g/mol. The number of rotatable bonds is 6. The Morgan fingerprint density at radius 2 is 1.68 bits per heavy atom. The van der Waals surface area contributed by atoms with Crippen molar-refractivity contribution < 1.29 is 18.0 Å². The van der Waals surface area contributed by atoms with Crippen molar-refractivity contribution in [2.75, 3.05) is 12.3 Å². The monoisotopic (exact) mass is 462 g/mol. The van der Waals surface area contributed by atoms with Crippen LogP contribution in [0.4, 0.5) is 18.9 Å². The number of benzene rings is 2. The van der Waals surface area contributed by atoms with Crippen molar-refractivity contribution in [1.29, 1.82) is 0 Å². The molecule has 1 amide bonds. The fourth-order valence-corrected chi connectivity index (χ4v) is 3.52. The van der Waals surface area contributed by atoms with Gasteiger partial charge in [-0.05, 0) is 60.0 Å². The fraction of sp³-hybridized carbons (Fsp3) is 0.115. The minimum atomic E-state index is -4.48. The van der Waals surface area contributed by atoms with Crippen LogP contribution in [-0.4, -0.2) is 22.4 Å². The van der Waals surface area contributed by atoms with Crippen molar-refractivity contribution in [1.82, 2.24) is 15.3 Å². The van der Waals surface area contributed by atoms with E-state index in [1.807, 2.05) is 12.1 Å². The number of pyridine rings is 2. The maximum Gasteiger partial charge on any atom is 0.416 e. The second-order valence-corrected chi connectivity index (χ2v) is 7.68. The molecule has 4 aromatic rings. The molecule has 0 atom stereocenters. The third-order valence-corrected chi connectivity index (χ3v) is 5.28. The Balaban J connectivity index is 1.62. The number of amides is 1. The number of nitrogens with zero attached hydrogens (tertiary/aromatic N) is 2. The molecule has 2 aromatic carbocycles. The molecule has 2 aromatic heterocycles. The maximum absolute atomic E-state index is 13.2. The molecule has 0 radical (unpaired) electrons. The zero-order valence-electron chi connectivity index (χ0n) is 18.0. The second kappa shape index (κ2) is 9.74. The van der Waals surface area contributed by atoms with Crippen molar-refractivity contribution >= 4 is 11.6 Å². The van der Waals surface area contributed by atoms with Gasteiger partial charge in [-0.15, -0.1) is 0 Å². The van der Waals surface area contributed by atoms with Crippen molar-refractivity contribution in [3.05, 3.63) is 102 Å². The first-order chi connectivity index (χ1) is 16.3. The van der Waals surface area contributed by atoms with Crippen molar-refractivity contribution in [2.45, 2.75) is 12.6 Å². The molecule has 0 aliphatic carbocycles. The molecule has 0 saturated heterocycles. The van der Waals surface area contributed by atoms with E-state index in [1.54, 1.807) is 48.8 Å². The van der Waals surface area contributed by atoms with Crippen LogP contribution >= 0.6 is 0 Å².